The van der Waals surface area contributed by atoms with Gasteiger partial charge in [0.2, 0.25) is 0 Å². The predicted molar refractivity (Wildman–Crippen MR) is 115 cm³/mol. The summed E-state index contributed by atoms with van der Waals surface area (Å²) in [5.41, 5.74) is 1.54. The zero-order valence-electron chi connectivity index (χ0n) is 14.1. The molecule has 2 aromatic rings. The van der Waals surface area contributed by atoms with Crippen LogP contribution < -0.4 is 0 Å². The van der Waals surface area contributed by atoms with Crippen molar-refractivity contribution in [3.05, 3.63) is 41.1 Å². The molecular formula is C19H19Br2NOS2. The zero-order valence-corrected chi connectivity index (χ0v) is 18.9. The Morgan fingerprint density at radius 2 is 2.00 bits per heavy atom. The van der Waals surface area contributed by atoms with Crippen molar-refractivity contribution in [1.29, 1.82) is 5.26 Å². The van der Waals surface area contributed by atoms with Crippen LogP contribution in [-0.2, 0) is 0 Å². The Bertz CT molecular complexity index is 814. The van der Waals surface area contributed by atoms with E-state index in [0.717, 1.165) is 48.6 Å². The SMILES string of the molecule is CCCCC(CC)C(=O)c1ccc(/C(C#N)=C/c2cc(Br)sc2Br)s1. The van der Waals surface area contributed by atoms with Gasteiger partial charge in [-0.2, -0.15) is 5.26 Å². The second kappa shape index (κ2) is 9.82. The Morgan fingerprint density at radius 1 is 1.28 bits per heavy atom. The molecule has 0 N–H and O–H groups in total. The molecule has 0 aliphatic rings. The maximum Gasteiger partial charge on any atom is 0.175 e. The molecule has 2 rings (SSSR count). The van der Waals surface area contributed by atoms with E-state index in [1.165, 1.54) is 11.3 Å². The highest BCUT2D eigenvalue weighted by atomic mass is 79.9. The molecule has 2 nitrogen and oxygen atoms in total. The van der Waals surface area contributed by atoms with E-state index in [9.17, 15) is 10.1 Å². The number of allylic oxidation sites excluding steroid dienone is 1. The largest absolute Gasteiger partial charge is 0.293 e. The quantitative estimate of drug-likeness (QED) is 0.274. The van der Waals surface area contributed by atoms with Gasteiger partial charge in [0.05, 0.1) is 18.0 Å². The van der Waals surface area contributed by atoms with Crippen LogP contribution in [0.3, 0.4) is 0 Å². The smallest absolute Gasteiger partial charge is 0.175 e. The molecule has 0 saturated heterocycles. The number of unbranched alkanes of at least 4 members (excludes halogenated alkanes) is 1. The van der Waals surface area contributed by atoms with E-state index in [-0.39, 0.29) is 11.7 Å². The van der Waals surface area contributed by atoms with Crippen LogP contribution in [0.15, 0.2) is 25.8 Å². The monoisotopic (exact) mass is 499 g/mol. The van der Waals surface area contributed by atoms with Gasteiger partial charge in [-0.05, 0) is 69.0 Å². The molecule has 132 valence electrons. The van der Waals surface area contributed by atoms with E-state index >= 15 is 0 Å². The van der Waals surface area contributed by atoms with Crippen LogP contribution >= 0.6 is 54.5 Å². The molecule has 0 fully saturated rings. The van der Waals surface area contributed by atoms with Crippen LogP contribution in [0.5, 0.6) is 0 Å². The Balaban J connectivity index is 2.25. The van der Waals surface area contributed by atoms with Crippen LogP contribution in [0.25, 0.3) is 11.6 Å². The fourth-order valence-electron chi connectivity index (χ4n) is 2.55. The summed E-state index contributed by atoms with van der Waals surface area (Å²) >= 11 is 9.95. The molecule has 0 aromatic carbocycles. The van der Waals surface area contributed by atoms with Gasteiger partial charge in [-0.3, -0.25) is 4.79 Å². The number of carbonyl (C=O) groups excluding carboxylic acids is 1. The summed E-state index contributed by atoms with van der Waals surface area (Å²) in [6, 6.07) is 7.98. The summed E-state index contributed by atoms with van der Waals surface area (Å²) in [5.74, 6) is 0.298. The molecule has 0 aliphatic heterocycles. The average molecular weight is 501 g/mol. The predicted octanol–water partition coefficient (Wildman–Crippen LogP) is 7.80. The Morgan fingerprint density at radius 3 is 2.56 bits per heavy atom. The number of carbonyl (C=O) groups is 1. The first-order chi connectivity index (χ1) is 12.0. The van der Waals surface area contributed by atoms with Gasteiger partial charge in [-0.15, -0.1) is 22.7 Å². The van der Waals surface area contributed by atoms with Gasteiger partial charge < -0.3 is 0 Å². The lowest BCUT2D eigenvalue weighted by Crippen LogP contribution is -2.12. The minimum Gasteiger partial charge on any atom is -0.293 e. The molecular weight excluding hydrogens is 482 g/mol. The van der Waals surface area contributed by atoms with Gasteiger partial charge >= 0.3 is 0 Å². The van der Waals surface area contributed by atoms with E-state index in [4.69, 9.17) is 0 Å². The number of Topliss-reactive ketones (excluding diaryl/α,β-unsaturated/α-hetero) is 1. The topological polar surface area (TPSA) is 40.9 Å². The second-order valence-electron chi connectivity index (χ2n) is 5.72. The first kappa shape index (κ1) is 20.6. The maximum atomic E-state index is 12.7. The van der Waals surface area contributed by atoms with E-state index < -0.39 is 0 Å². The molecule has 0 aliphatic carbocycles. The highest BCUT2D eigenvalue weighted by molar-refractivity contribution is 9.12. The fraction of sp³-hybridized carbons (Fsp3) is 0.368. The van der Waals surface area contributed by atoms with Crippen molar-refractivity contribution in [2.45, 2.75) is 39.5 Å². The van der Waals surface area contributed by atoms with Crippen molar-refractivity contribution in [3.8, 4) is 6.07 Å². The van der Waals surface area contributed by atoms with E-state index in [2.05, 4.69) is 51.8 Å². The fourth-order valence-corrected chi connectivity index (χ4v) is 6.27. The summed E-state index contributed by atoms with van der Waals surface area (Å²) in [4.78, 5) is 14.3. The summed E-state index contributed by atoms with van der Waals surface area (Å²) in [6.07, 6.45) is 5.84. The number of nitriles is 1. The molecule has 0 amide bonds. The second-order valence-corrected chi connectivity index (χ2v) is 10.6. The van der Waals surface area contributed by atoms with Crippen molar-refractivity contribution in [1.82, 2.24) is 0 Å². The third-order valence-electron chi connectivity index (χ3n) is 3.99. The number of nitrogens with zero attached hydrogens (tertiary/aromatic N) is 1. The molecule has 0 spiro atoms. The van der Waals surface area contributed by atoms with Crippen LogP contribution in [0.1, 0.15) is 59.6 Å². The van der Waals surface area contributed by atoms with Gasteiger partial charge in [-0.25, -0.2) is 0 Å². The van der Waals surface area contributed by atoms with Gasteiger partial charge in [0.25, 0.3) is 0 Å². The molecule has 1 atom stereocenters. The standard InChI is InChI=1S/C19H19Br2NOS2/c1-3-5-6-12(4-2)18(23)16-8-7-15(24-16)14(11-22)9-13-10-17(20)25-19(13)21/h7-10,12H,3-6H2,1-2H3/b14-9+. The highest BCUT2D eigenvalue weighted by Gasteiger charge is 2.20. The van der Waals surface area contributed by atoms with Crippen LogP contribution in [0, 0.1) is 17.2 Å². The summed E-state index contributed by atoms with van der Waals surface area (Å²) in [6.45, 7) is 4.21. The van der Waals surface area contributed by atoms with Crippen molar-refractivity contribution < 1.29 is 4.79 Å². The molecule has 2 aromatic heterocycles. The average Bonchev–Trinajstić information content (AvgIpc) is 3.19. The number of hydrogen-bond donors (Lipinski definition) is 0. The Hall–Kier alpha value is -0.740. The van der Waals surface area contributed by atoms with Crippen molar-refractivity contribution in [2.24, 2.45) is 5.92 Å². The van der Waals surface area contributed by atoms with Gasteiger partial charge in [0.15, 0.2) is 5.78 Å². The lowest BCUT2D eigenvalue weighted by molar-refractivity contribution is 0.0912. The van der Waals surface area contributed by atoms with Crippen LogP contribution in [0.2, 0.25) is 0 Å². The first-order valence-electron chi connectivity index (χ1n) is 8.21. The van der Waals surface area contributed by atoms with Crippen molar-refractivity contribution >= 4 is 72.0 Å². The Kier molecular flexibility index (Phi) is 8.08. The number of halogens is 2. The third kappa shape index (κ3) is 5.37. The minimum absolute atomic E-state index is 0.0861. The number of rotatable bonds is 8. The highest BCUT2D eigenvalue weighted by Crippen LogP contribution is 2.35. The molecule has 0 radical (unpaired) electrons. The molecule has 6 heteroatoms. The molecule has 25 heavy (non-hydrogen) atoms. The van der Waals surface area contributed by atoms with Gasteiger partial charge in [-0.1, -0.05) is 26.7 Å². The summed E-state index contributed by atoms with van der Waals surface area (Å²) in [5, 5.41) is 9.54. The number of ketones is 1. The minimum atomic E-state index is 0.0861. The Labute approximate surface area is 173 Å². The van der Waals surface area contributed by atoms with Crippen molar-refractivity contribution in [2.75, 3.05) is 0 Å². The van der Waals surface area contributed by atoms with E-state index in [0.29, 0.717) is 5.57 Å². The normalized spacial score (nSPS) is 12.8. The lowest BCUT2D eigenvalue weighted by atomic mass is 9.94. The first-order valence-corrected chi connectivity index (χ1v) is 11.4. The number of hydrogen-bond acceptors (Lipinski definition) is 4. The summed E-state index contributed by atoms with van der Waals surface area (Å²) < 4.78 is 1.98. The zero-order chi connectivity index (χ0) is 18.4. The summed E-state index contributed by atoms with van der Waals surface area (Å²) in [7, 11) is 0. The van der Waals surface area contributed by atoms with Crippen molar-refractivity contribution in [3.63, 3.8) is 0 Å². The molecule has 0 bridgehead atoms. The number of thiophene rings is 2. The third-order valence-corrected chi connectivity index (χ3v) is 7.51. The van der Waals surface area contributed by atoms with E-state index in [1.807, 2.05) is 24.3 Å². The lowest BCUT2D eigenvalue weighted by Gasteiger charge is -2.11. The molecule has 0 saturated carbocycles. The van der Waals surface area contributed by atoms with Crippen LogP contribution in [-0.4, -0.2) is 5.78 Å². The van der Waals surface area contributed by atoms with E-state index in [1.54, 1.807) is 11.3 Å². The van der Waals surface area contributed by atoms with Gasteiger partial charge in [0.1, 0.15) is 6.07 Å². The molecule has 1 unspecified atom stereocenters. The van der Waals surface area contributed by atoms with Crippen LogP contribution in [0.4, 0.5) is 0 Å². The van der Waals surface area contributed by atoms with Gasteiger partial charge in [0, 0.05) is 16.4 Å². The molecule has 2 heterocycles. The maximum absolute atomic E-state index is 12.7.